The minimum atomic E-state index is -2.73. The number of nitrogens with zero attached hydrogens (tertiary/aromatic N) is 3. The van der Waals surface area contributed by atoms with Crippen molar-refractivity contribution in [1.82, 2.24) is 14.8 Å². The molecular formula is C15H20BN3O2. The van der Waals surface area contributed by atoms with Crippen molar-refractivity contribution >= 4 is 12.6 Å². The fraction of sp³-hybridized carbons (Fsp3) is 0.467. The third-order valence-electron chi connectivity index (χ3n) is 3.84. The molecule has 0 saturated carbocycles. The zero-order valence-corrected chi connectivity index (χ0v) is 12.2. The van der Waals surface area contributed by atoms with Crippen molar-refractivity contribution in [1.29, 1.82) is 0 Å². The number of aromatic nitrogens is 3. The van der Waals surface area contributed by atoms with Crippen LogP contribution in [-0.4, -0.2) is 33.1 Å². The maximum atomic E-state index is 8.51. The highest BCUT2D eigenvalue weighted by atomic mass is 16.7. The van der Waals surface area contributed by atoms with Crippen molar-refractivity contribution in [2.45, 2.75) is 45.7 Å². The Morgan fingerprint density at radius 3 is 2.67 bits per heavy atom. The summed E-state index contributed by atoms with van der Waals surface area (Å²) in [7, 11) is -1.20. The van der Waals surface area contributed by atoms with Gasteiger partial charge in [0, 0.05) is 21.9 Å². The van der Waals surface area contributed by atoms with Gasteiger partial charge in [-0.15, -0.1) is 0 Å². The SMILES string of the molecule is [2H]c1nc([2H])c(-n2nc(C([2H])([2H])[2H])c(B3OC(C)(C)C(C)(C)O3)c2[2H])c([2H])c1[2H]. The maximum Gasteiger partial charge on any atom is 0.498 e. The predicted molar refractivity (Wildman–Crippen MR) is 81.8 cm³/mol. The third-order valence-corrected chi connectivity index (χ3v) is 3.84. The molecule has 0 atom stereocenters. The first kappa shape index (κ1) is 7.56. The minimum absolute atomic E-state index is 0.135. The van der Waals surface area contributed by atoms with Gasteiger partial charge in [0.05, 0.1) is 35.6 Å². The number of pyridine rings is 1. The van der Waals surface area contributed by atoms with Crippen molar-refractivity contribution < 1.29 is 20.3 Å². The van der Waals surface area contributed by atoms with Crippen LogP contribution >= 0.6 is 0 Å². The second kappa shape index (κ2) is 4.68. The van der Waals surface area contributed by atoms with Crippen LogP contribution in [0.25, 0.3) is 5.69 Å². The van der Waals surface area contributed by atoms with E-state index in [9.17, 15) is 0 Å². The third kappa shape index (κ3) is 2.38. The van der Waals surface area contributed by atoms with E-state index < -0.39 is 61.5 Å². The Morgan fingerprint density at radius 2 is 2.00 bits per heavy atom. The van der Waals surface area contributed by atoms with Gasteiger partial charge in [0.25, 0.3) is 0 Å². The van der Waals surface area contributed by atoms with E-state index in [0.29, 0.717) is 0 Å². The van der Waals surface area contributed by atoms with Gasteiger partial charge in [-0.3, -0.25) is 4.98 Å². The highest BCUT2D eigenvalue weighted by Crippen LogP contribution is 2.36. The van der Waals surface area contributed by atoms with Crippen LogP contribution in [0.2, 0.25) is 0 Å². The monoisotopic (exact) mass is 293 g/mol. The fourth-order valence-electron chi connectivity index (χ4n) is 1.90. The maximum absolute atomic E-state index is 8.51. The number of aryl methyl sites for hydroxylation is 1. The van der Waals surface area contributed by atoms with Gasteiger partial charge in [-0.1, -0.05) is 0 Å². The molecule has 2 aromatic heterocycles. The molecule has 0 radical (unpaired) electrons. The molecule has 1 fully saturated rings. The Kier molecular flexibility index (Phi) is 1.68. The van der Waals surface area contributed by atoms with E-state index >= 15 is 0 Å². The van der Waals surface area contributed by atoms with Crippen LogP contribution in [0.3, 0.4) is 0 Å². The van der Waals surface area contributed by atoms with Gasteiger partial charge >= 0.3 is 7.12 Å². The Labute approximate surface area is 136 Å². The smallest absolute Gasteiger partial charge is 0.399 e. The van der Waals surface area contributed by atoms with Crippen molar-refractivity contribution in [2.24, 2.45) is 0 Å². The quantitative estimate of drug-likeness (QED) is 0.793. The highest BCUT2D eigenvalue weighted by molar-refractivity contribution is 6.62. The van der Waals surface area contributed by atoms with E-state index in [0.717, 1.165) is 4.68 Å². The van der Waals surface area contributed by atoms with E-state index in [4.69, 9.17) is 20.3 Å². The van der Waals surface area contributed by atoms with Crippen LogP contribution in [0.15, 0.2) is 30.6 Å². The van der Waals surface area contributed by atoms with Crippen molar-refractivity contribution in [3.63, 3.8) is 0 Å². The summed E-state index contributed by atoms with van der Waals surface area (Å²) in [5.74, 6) is 0. The van der Waals surface area contributed by atoms with E-state index in [1.54, 1.807) is 27.7 Å². The molecule has 3 rings (SSSR count). The Balaban J connectivity index is 2.26. The molecule has 1 aliphatic heterocycles. The summed E-state index contributed by atoms with van der Waals surface area (Å²) in [4.78, 5) is 3.57. The standard InChI is InChI=1S/C15H20BN3O2/c1-11-13(16-20-14(2,3)15(4,5)21-16)10-19(18-11)12-7-6-8-17-9-12/h6-10H,1-5H3/i1D3,6D,7D,8D,9D,10D. The van der Waals surface area contributed by atoms with Crippen molar-refractivity contribution in [3.8, 4) is 5.69 Å². The van der Waals surface area contributed by atoms with Crippen molar-refractivity contribution in [2.75, 3.05) is 0 Å². The highest BCUT2D eigenvalue weighted by Gasteiger charge is 2.52. The van der Waals surface area contributed by atoms with E-state index in [-0.39, 0.29) is 11.2 Å². The first-order valence-electron chi connectivity index (χ1n) is 10.5. The van der Waals surface area contributed by atoms with Gasteiger partial charge < -0.3 is 9.31 Å². The minimum Gasteiger partial charge on any atom is -0.399 e. The molecule has 3 heterocycles. The molecule has 2 aromatic rings. The van der Waals surface area contributed by atoms with Crippen molar-refractivity contribution in [3.05, 3.63) is 36.3 Å². The van der Waals surface area contributed by atoms with Gasteiger partial charge in [-0.05, 0) is 46.6 Å². The largest absolute Gasteiger partial charge is 0.498 e. The van der Waals surface area contributed by atoms with Crippen LogP contribution in [0.5, 0.6) is 0 Å². The summed E-state index contributed by atoms with van der Waals surface area (Å²) in [6, 6.07) is -1.11. The second-order valence-electron chi connectivity index (χ2n) is 5.81. The molecule has 21 heavy (non-hydrogen) atoms. The molecule has 6 heteroatoms. The van der Waals surface area contributed by atoms with Gasteiger partial charge in [0.2, 0.25) is 0 Å². The average Bonchev–Trinajstić information content (AvgIpc) is 2.99. The van der Waals surface area contributed by atoms with E-state index in [1.165, 1.54) is 0 Å². The molecule has 1 aliphatic rings. The summed E-state index contributed by atoms with van der Waals surface area (Å²) >= 11 is 0. The molecule has 5 nitrogen and oxygen atoms in total. The van der Waals surface area contributed by atoms with Gasteiger partial charge in [0.15, 0.2) is 0 Å². The average molecular weight is 293 g/mol. The fourth-order valence-corrected chi connectivity index (χ4v) is 1.90. The second-order valence-corrected chi connectivity index (χ2v) is 5.81. The van der Waals surface area contributed by atoms with Crippen LogP contribution < -0.4 is 5.46 Å². The van der Waals surface area contributed by atoms with E-state index in [2.05, 4.69) is 10.1 Å². The molecule has 0 spiro atoms. The Hall–Kier alpha value is -1.66. The van der Waals surface area contributed by atoms with Crippen LogP contribution in [0.4, 0.5) is 0 Å². The Bertz CT molecular complexity index is 973. The van der Waals surface area contributed by atoms with E-state index in [1.807, 2.05) is 0 Å². The predicted octanol–water partition coefficient (Wildman–Crippen LogP) is 1.87. The van der Waals surface area contributed by atoms with Gasteiger partial charge in [-0.25, -0.2) is 4.68 Å². The molecule has 0 N–H and O–H groups in total. The van der Waals surface area contributed by atoms with Crippen LogP contribution in [0.1, 0.15) is 44.4 Å². The summed E-state index contributed by atoms with van der Waals surface area (Å²) in [6.45, 7) is 4.40. The first-order valence-corrected chi connectivity index (χ1v) is 6.49. The molecule has 0 amide bonds. The summed E-state index contributed by atoms with van der Waals surface area (Å²) in [5.41, 5.74) is -2.53. The number of rotatable bonds is 2. The summed E-state index contributed by atoms with van der Waals surface area (Å²) in [6.07, 6.45) is -1.58. The zero-order valence-electron chi connectivity index (χ0n) is 20.2. The molecule has 0 aliphatic carbocycles. The first-order chi connectivity index (χ1) is 13.1. The number of hydrogen-bond donors (Lipinski definition) is 0. The Morgan fingerprint density at radius 1 is 1.29 bits per heavy atom. The lowest BCUT2D eigenvalue weighted by Gasteiger charge is -2.32. The zero-order chi connectivity index (χ0) is 22.1. The summed E-state index contributed by atoms with van der Waals surface area (Å²) < 4.78 is 75.9. The molecule has 1 saturated heterocycles. The lowest BCUT2D eigenvalue weighted by Crippen LogP contribution is -2.41. The molecular weight excluding hydrogens is 265 g/mol. The number of hydrogen-bond acceptors (Lipinski definition) is 4. The molecule has 0 bridgehead atoms. The van der Waals surface area contributed by atoms with Crippen LogP contribution in [-0.2, 0) is 9.31 Å². The molecule has 0 unspecified atom stereocenters. The van der Waals surface area contributed by atoms with Gasteiger partial charge in [0.1, 0.15) is 0 Å². The topological polar surface area (TPSA) is 49.2 Å². The van der Waals surface area contributed by atoms with Gasteiger partial charge in [-0.2, -0.15) is 5.10 Å². The normalized spacial score (nSPS) is 26.0. The molecule has 0 aromatic carbocycles. The molecule has 110 valence electrons. The van der Waals surface area contributed by atoms with Crippen LogP contribution in [0, 0.1) is 6.85 Å². The summed E-state index contributed by atoms with van der Waals surface area (Å²) in [5, 5.41) is 3.97. The lowest BCUT2D eigenvalue weighted by atomic mass is 9.79. The lowest BCUT2D eigenvalue weighted by molar-refractivity contribution is 0.00578.